The summed E-state index contributed by atoms with van der Waals surface area (Å²) >= 11 is 1.80. The zero-order valence-electron chi connectivity index (χ0n) is 10.1. The van der Waals surface area contributed by atoms with Gasteiger partial charge in [-0.1, -0.05) is 18.7 Å². The molecule has 1 aliphatic rings. The molecule has 0 bridgehead atoms. The summed E-state index contributed by atoms with van der Waals surface area (Å²) in [6, 6.07) is 3.82. The van der Waals surface area contributed by atoms with Crippen molar-refractivity contribution in [3.63, 3.8) is 0 Å². The number of aromatic nitrogens is 1. The lowest BCUT2D eigenvalue weighted by molar-refractivity contribution is 0.327. The van der Waals surface area contributed by atoms with E-state index in [0.717, 1.165) is 23.8 Å². The Morgan fingerprint density at radius 3 is 2.94 bits per heavy atom. The fourth-order valence-corrected chi connectivity index (χ4v) is 2.47. The van der Waals surface area contributed by atoms with E-state index in [1.165, 1.54) is 0 Å². The molecular weight excluding hydrogens is 234 g/mol. The molecule has 0 radical (unpaired) electrons. The Bertz CT molecular complexity index is 391. The number of aliphatic imine (C=N–C) groups is 1. The Morgan fingerprint density at radius 1 is 1.47 bits per heavy atom. The molecule has 0 aliphatic carbocycles. The van der Waals surface area contributed by atoms with Crippen molar-refractivity contribution in [1.29, 1.82) is 0 Å². The number of pyridine rings is 1. The molecule has 92 valence electrons. The number of anilines is 1. The minimum absolute atomic E-state index is 0.619. The molecular formula is C12H17N3OS. The van der Waals surface area contributed by atoms with Gasteiger partial charge in [0.15, 0.2) is 5.17 Å². The van der Waals surface area contributed by atoms with Gasteiger partial charge in [0.2, 0.25) is 5.88 Å². The molecule has 2 heterocycles. The number of rotatable bonds is 4. The lowest BCUT2D eigenvalue weighted by Gasteiger charge is -2.07. The van der Waals surface area contributed by atoms with Crippen molar-refractivity contribution in [1.82, 2.24) is 4.98 Å². The van der Waals surface area contributed by atoms with Crippen LogP contribution in [0.15, 0.2) is 23.3 Å². The third kappa shape index (κ3) is 3.36. The normalized spacial score (nSPS) is 18.9. The van der Waals surface area contributed by atoms with Crippen LogP contribution < -0.4 is 10.1 Å². The fraction of sp³-hybridized carbons (Fsp3) is 0.500. The maximum atomic E-state index is 5.29. The number of amidine groups is 1. The fourth-order valence-electron chi connectivity index (χ4n) is 1.51. The summed E-state index contributed by atoms with van der Waals surface area (Å²) in [5.41, 5.74) is 0.955. The van der Waals surface area contributed by atoms with E-state index in [-0.39, 0.29) is 0 Å². The van der Waals surface area contributed by atoms with Gasteiger partial charge in [-0.3, -0.25) is 4.99 Å². The molecule has 1 unspecified atom stereocenters. The molecule has 0 aromatic carbocycles. The molecule has 0 saturated heterocycles. The molecule has 4 nitrogen and oxygen atoms in total. The molecule has 0 spiro atoms. The Labute approximate surface area is 106 Å². The minimum atomic E-state index is 0.619. The van der Waals surface area contributed by atoms with Gasteiger partial charge in [-0.25, -0.2) is 4.98 Å². The van der Waals surface area contributed by atoms with Crippen LogP contribution in [0.5, 0.6) is 5.88 Å². The molecule has 1 aromatic rings. The third-order valence-electron chi connectivity index (χ3n) is 2.45. The van der Waals surface area contributed by atoms with E-state index in [4.69, 9.17) is 4.74 Å². The summed E-state index contributed by atoms with van der Waals surface area (Å²) in [6.45, 7) is 5.69. The first kappa shape index (κ1) is 12.2. The Hall–Kier alpha value is -1.23. The average molecular weight is 251 g/mol. The molecule has 1 aliphatic heterocycles. The molecule has 5 heteroatoms. The van der Waals surface area contributed by atoms with E-state index in [1.807, 2.05) is 19.1 Å². The van der Waals surface area contributed by atoms with Crippen molar-refractivity contribution in [2.24, 2.45) is 4.99 Å². The van der Waals surface area contributed by atoms with Crippen LogP contribution in [0.4, 0.5) is 5.69 Å². The topological polar surface area (TPSA) is 46.5 Å². The molecule has 17 heavy (non-hydrogen) atoms. The predicted octanol–water partition coefficient (Wildman–Crippen LogP) is 2.77. The maximum Gasteiger partial charge on any atom is 0.213 e. The van der Waals surface area contributed by atoms with Gasteiger partial charge >= 0.3 is 0 Å². The van der Waals surface area contributed by atoms with Crippen LogP contribution in [-0.2, 0) is 0 Å². The molecule has 1 atom stereocenters. The van der Waals surface area contributed by atoms with E-state index in [0.29, 0.717) is 17.7 Å². The Balaban J connectivity index is 1.91. The van der Waals surface area contributed by atoms with Crippen molar-refractivity contribution < 1.29 is 4.74 Å². The van der Waals surface area contributed by atoms with Crippen LogP contribution in [-0.4, -0.2) is 28.6 Å². The van der Waals surface area contributed by atoms with Gasteiger partial charge < -0.3 is 10.1 Å². The van der Waals surface area contributed by atoms with E-state index in [9.17, 15) is 0 Å². The van der Waals surface area contributed by atoms with E-state index < -0.39 is 0 Å². The minimum Gasteiger partial charge on any atom is -0.478 e. The highest BCUT2D eigenvalue weighted by Gasteiger charge is 2.17. The standard InChI is InChI=1S/C12H17N3OS/c1-3-10-8-14-12(17-10)15-9-5-6-11(13-7-9)16-4-2/h5-7,10H,3-4,8H2,1-2H3,(H,14,15). The lowest BCUT2D eigenvalue weighted by Crippen LogP contribution is -2.07. The maximum absolute atomic E-state index is 5.29. The number of ether oxygens (including phenoxy) is 1. The smallest absolute Gasteiger partial charge is 0.213 e. The third-order valence-corrected chi connectivity index (χ3v) is 3.72. The first-order valence-electron chi connectivity index (χ1n) is 5.88. The molecule has 0 saturated carbocycles. The monoisotopic (exact) mass is 251 g/mol. The van der Waals surface area contributed by atoms with Crippen LogP contribution in [0, 0.1) is 0 Å². The Morgan fingerprint density at radius 2 is 2.35 bits per heavy atom. The molecule has 0 amide bonds. The number of hydrogen-bond donors (Lipinski definition) is 1. The van der Waals surface area contributed by atoms with Gasteiger partial charge in [-0.05, 0) is 19.4 Å². The summed E-state index contributed by atoms with van der Waals surface area (Å²) in [5.74, 6) is 0.658. The first-order valence-corrected chi connectivity index (χ1v) is 6.76. The highest BCUT2D eigenvalue weighted by atomic mass is 32.2. The van der Waals surface area contributed by atoms with Gasteiger partial charge in [0.25, 0.3) is 0 Å². The van der Waals surface area contributed by atoms with Crippen molar-refractivity contribution in [2.45, 2.75) is 25.5 Å². The van der Waals surface area contributed by atoms with Crippen LogP contribution in [0.2, 0.25) is 0 Å². The van der Waals surface area contributed by atoms with E-state index >= 15 is 0 Å². The van der Waals surface area contributed by atoms with Gasteiger partial charge in [-0.15, -0.1) is 0 Å². The average Bonchev–Trinajstić information content (AvgIpc) is 2.80. The summed E-state index contributed by atoms with van der Waals surface area (Å²) < 4.78 is 5.29. The summed E-state index contributed by atoms with van der Waals surface area (Å²) in [7, 11) is 0. The second-order valence-corrected chi connectivity index (χ2v) is 5.03. The van der Waals surface area contributed by atoms with Gasteiger partial charge in [-0.2, -0.15) is 0 Å². The molecule has 1 aromatic heterocycles. The number of thioether (sulfide) groups is 1. The molecule has 1 N–H and O–H groups in total. The van der Waals surface area contributed by atoms with Crippen molar-refractivity contribution in [2.75, 3.05) is 18.5 Å². The van der Waals surface area contributed by atoms with Gasteiger partial charge in [0.1, 0.15) is 0 Å². The molecule has 0 fully saturated rings. The van der Waals surface area contributed by atoms with Crippen molar-refractivity contribution in [3.05, 3.63) is 18.3 Å². The summed E-state index contributed by atoms with van der Waals surface area (Å²) in [4.78, 5) is 8.65. The van der Waals surface area contributed by atoms with Crippen LogP contribution >= 0.6 is 11.8 Å². The highest BCUT2D eigenvalue weighted by molar-refractivity contribution is 8.15. The number of nitrogens with zero attached hydrogens (tertiary/aromatic N) is 2. The first-order chi connectivity index (χ1) is 8.31. The quantitative estimate of drug-likeness (QED) is 0.894. The molecule has 2 rings (SSSR count). The number of nitrogens with one attached hydrogen (secondary N) is 1. The Kier molecular flexibility index (Phi) is 4.25. The van der Waals surface area contributed by atoms with Crippen LogP contribution in [0.25, 0.3) is 0 Å². The van der Waals surface area contributed by atoms with Crippen molar-refractivity contribution in [3.8, 4) is 5.88 Å². The highest BCUT2D eigenvalue weighted by Crippen LogP contribution is 2.24. The van der Waals surface area contributed by atoms with E-state index in [1.54, 1.807) is 18.0 Å². The largest absolute Gasteiger partial charge is 0.478 e. The summed E-state index contributed by atoms with van der Waals surface area (Å²) in [6.07, 6.45) is 2.92. The predicted molar refractivity (Wildman–Crippen MR) is 73.0 cm³/mol. The lowest BCUT2D eigenvalue weighted by atomic mass is 10.3. The zero-order valence-corrected chi connectivity index (χ0v) is 11.0. The van der Waals surface area contributed by atoms with Crippen LogP contribution in [0.1, 0.15) is 20.3 Å². The SMILES string of the molecule is CCOc1ccc(NC2=NCC(CC)S2)cn1. The zero-order chi connectivity index (χ0) is 12.1. The summed E-state index contributed by atoms with van der Waals surface area (Å²) in [5, 5.41) is 4.88. The second-order valence-electron chi connectivity index (χ2n) is 3.74. The number of hydrogen-bond acceptors (Lipinski definition) is 5. The van der Waals surface area contributed by atoms with Gasteiger partial charge in [0.05, 0.1) is 25.0 Å². The van der Waals surface area contributed by atoms with Crippen LogP contribution in [0.3, 0.4) is 0 Å². The van der Waals surface area contributed by atoms with Gasteiger partial charge in [0, 0.05) is 11.3 Å². The van der Waals surface area contributed by atoms with E-state index in [2.05, 4.69) is 22.2 Å². The second kappa shape index (κ2) is 5.91. The van der Waals surface area contributed by atoms with Crippen molar-refractivity contribution >= 4 is 22.6 Å².